The molecule has 0 radical (unpaired) electrons. The smallest absolute Gasteiger partial charge is 0.357 e. The number of hydrogen-bond donors (Lipinski definition) is 0. The van der Waals surface area contributed by atoms with Crippen LogP contribution < -0.4 is 0 Å². The summed E-state index contributed by atoms with van der Waals surface area (Å²) in [6.45, 7) is 2.06. The largest absolute Gasteiger partial charge is 0.464 e. The first kappa shape index (κ1) is 12.0. The lowest BCUT2D eigenvalue weighted by molar-refractivity contribution is 0.0582. The molecule has 1 rings (SSSR count). The minimum absolute atomic E-state index is 0.157. The Hall–Kier alpha value is -1.08. The molecule has 0 bridgehead atoms. The number of rotatable bonds is 3. The fourth-order valence-corrected chi connectivity index (χ4v) is 2.02. The molecule has 0 atom stereocenters. The molecule has 0 spiro atoms. The second kappa shape index (κ2) is 4.19. The van der Waals surface area contributed by atoms with Gasteiger partial charge in [-0.3, -0.25) is 4.68 Å². The van der Waals surface area contributed by atoms with Gasteiger partial charge in [0.15, 0.2) is 5.69 Å². The minimum Gasteiger partial charge on any atom is -0.464 e. The van der Waals surface area contributed by atoms with Crippen LogP contribution in [0.25, 0.3) is 0 Å². The average Bonchev–Trinajstić information content (AvgIpc) is 2.59. The maximum atomic E-state index is 11.3. The highest BCUT2D eigenvalue weighted by Gasteiger charge is 2.26. The van der Waals surface area contributed by atoms with Crippen molar-refractivity contribution in [1.82, 2.24) is 9.78 Å². The third-order valence-corrected chi connectivity index (χ3v) is 3.07. The number of esters is 1. The van der Waals surface area contributed by atoms with Crippen molar-refractivity contribution in [2.75, 3.05) is 7.11 Å². The number of carbonyl (C=O) groups excluding carboxylic acids is 1. The number of hydrogen-bond acceptors (Lipinski definition) is 5. The van der Waals surface area contributed by atoms with E-state index >= 15 is 0 Å². The van der Waals surface area contributed by atoms with E-state index in [1.54, 1.807) is 6.92 Å². The number of halogens is 1. The van der Waals surface area contributed by atoms with Crippen LogP contribution in [0.2, 0.25) is 0 Å². The van der Waals surface area contributed by atoms with Gasteiger partial charge in [0.2, 0.25) is 0 Å². The van der Waals surface area contributed by atoms with Crippen molar-refractivity contribution < 1.29 is 17.9 Å². The quantitative estimate of drug-likeness (QED) is 0.582. The van der Waals surface area contributed by atoms with Crippen LogP contribution in [0.3, 0.4) is 0 Å². The molecular formula is C7H9ClN2O4S. The highest BCUT2D eigenvalue weighted by molar-refractivity contribution is 8.13. The summed E-state index contributed by atoms with van der Waals surface area (Å²) in [5.41, 5.74) is -0.157. The van der Waals surface area contributed by atoms with E-state index in [9.17, 15) is 13.2 Å². The fraction of sp³-hybridized carbons (Fsp3) is 0.429. The van der Waals surface area contributed by atoms with E-state index < -0.39 is 15.0 Å². The third kappa shape index (κ3) is 2.29. The Balaban J connectivity index is 3.43. The lowest BCUT2D eigenvalue weighted by Crippen LogP contribution is -2.13. The van der Waals surface area contributed by atoms with Crippen LogP contribution in [-0.4, -0.2) is 31.3 Å². The van der Waals surface area contributed by atoms with Gasteiger partial charge in [-0.1, -0.05) is 0 Å². The van der Waals surface area contributed by atoms with Crippen molar-refractivity contribution in [1.29, 1.82) is 0 Å². The first-order valence-electron chi connectivity index (χ1n) is 4.00. The Morgan fingerprint density at radius 1 is 1.67 bits per heavy atom. The zero-order valence-electron chi connectivity index (χ0n) is 8.10. The van der Waals surface area contributed by atoms with Gasteiger partial charge in [-0.05, 0) is 6.92 Å². The zero-order chi connectivity index (χ0) is 11.6. The topological polar surface area (TPSA) is 78.3 Å². The van der Waals surface area contributed by atoms with E-state index in [2.05, 4.69) is 9.84 Å². The van der Waals surface area contributed by atoms with Crippen molar-refractivity contribution in [2.24, 2.45) is 0 Å². The van der Waals surface area contributed by atoms with Gasteiger partial charge in [0.1, 0.15) is 4.90 Å². The van der Waals surface area contributed by atoms with Crippen molar-refractivity contribution in [3.63, 3.8) is 0 Å². The highest BCUT2D eigenvalue weighted by Crippen LogP contribution is 2.20. The Bertz CT molecular complexity index is 479. The molecule has 15 heavy (non-hydrogen) atoms. The van der Waals surface area contributed by atoms with Crippen LogP contribution in [0.1, 0.15) is 17.4 Å². The Morgan fingerprint density at radius 2 is 2.27 bits per heavy atom. The maximum Gasteiger partial charge on any atom is 0.357 e. The van der Waals surface area contributed by atoms with Gasteiger partial charge < -0.3 is 4.74 Å². The SMILES string of the molecule is CCn1ncc(S(=O)(=O)Cl)c1C(=O)OC. The Labute approximate surface area is 91.2 Å². The molecular weight excluding hydrogens is 244 g/mol. The van der Waals surface area contributed by atoms with Gasteiger partial charge >= 0.3 is 5.97 Å². The second-order valence-corrected chi connectivity index (χ2v) is 5.14. The monoisotopic (exact) mass is 252 g/mol. The third-order valence-electron chi connectivity index (χ3n) is 1.75. The molecule has 84 valence electrons. The Kier molecular flexibility index (Phi) is 3.35. The molecule has 0 aliphatic rings. The van der Waals surface area contributed by atoms with Crippen LogP contribution in [-0.2, 0) is 20.3 Å². The molecule has 0 N–H and O–H groups in total. The first-order valence-corrected chi connectivity index (χ1v) is 6.31. The van der Waals surface area contributed by atoms with Crippen LogP contribution in [0.5, 0.6) is 0 Å². The summed E-state index contributed by atoms with van der Waals surface area (Å²) < 4.78 is 27.9. The summed E-state index contributed by atoms with van der Waals surface area (Å²) in [6, 6.07) is 0. The number of nitrogens with zero attached hydrogens (tertiary/aromatic N) is 2. The number of aromatic nitrogens is 2. The van der Waals surface area contributed by atoms with E-state index in [0.29, 0.717) is 6.54 Å². The molecule has 6 nitrogen and oxygen atoms in total. The summed E-state index contributed by atoms with van der Waals surface area (Å²) in [5, 5.41) is 3.72. The van der Waals surface area contributed by atoms with Crippen LogP contribution in [0.15, 0.2) is 11.1 Å². The van der Waals surface area contributed by atoms with Gasteiger partial charge in [-0.25, -0.2) is 13.2 Å². The Morgan fingerprint density at radius 3 is 2.67 bits per heavy atom. The van der Waals surface area contributed by atoms with E-state index in [4.69, 9.17) is 10.7 Å². The van der Waals surface area contributed by atoms with Crippen molar-refractivity contribution >= 4 is 25.7 Å². The van der Waals surface area contributed by atoms with Crippen LogP contribution in [0.4, 0.5) is 0 Å². The summed E-state index contributed by atoms with van der Waals surface area (Å²) in [5.74, 6) is -0.784. The molecule has 0 aliphatic heterocycles. The standard InChI is InChI=1S/C7H9ClN2O4S/c1-3-10-6(7(11)14-2)5(4-9-10)15(8,12)13/h4H,3H2,1-2H3. The van der Waals surface area contributed by atoms with Crippen LogP contribution in [0, 0.1) is 0 Å². The summed E-state index contributed by atoms with van der Waals surface area (Å²) in [7, 11) is 2.31. The lowest BCUT2D eigenvalue weighted by Gasteiger charge is -2.03. The highest BCUT2D eigenvalue weighted by atomic mass is 35.7. The maximum absolute atomic E-state index is 11.3. The van der Waals surface area contributed by atoms with Crippen molar-refractivity contribution in [3.8, 4) is 0 Å². The van der Waals surface area contributed by atoms with Gasteiger partial charge in [0, 0.05) is 17.2 Å². The first-order chi connectivity index (χ1) is 6.91. The normalized spacial score (nSPS) is 11.4. The summed E-state index contributed by atoms with van der Waals surface area (Å²) >= 11 is 0. The van der Waals surface area contributed by atoms with E-state index in [1.807, 2.05) is 0 Å². The fourth-order valence-electron chi connectivity index (χ4n) is 1.09. The number of carbonyl (C=O) groups is 1. The number of aryl methyl sites for hydroxylation is 1. The lowest BCUT2D eigenvalue weighted by atomic mass is 10.4. The van der Waals surface area contributed by atoms with Gasteiger partial charge in [0.25, 0.3) is 9.05 Å². The predicted octanol–water partition coefficient (Wildman–Crippen LogP) is 0.617. The van der Waals surface area contributed by atoms with Crippen LogP contribution >= 0.6 is 10.7 Å². The molecule has 0 saturated heterocycles. The van der Waals surface area contributed by atoms with E-state index in [0.717, 1.165) is 13.3 Å². The predicted molar refractivity (Wildman–Crippen MR) is 52.3 cm³/mol. The molecule has 0 aliphatic carbocycles. The minimum atomic E-state index is -3.99. The van der Waals surface area contributed by atoms with E-state index in [-0.39, 0.29) is 10.6 Å². The average molecular weight is 253 g/mol. The molecule has 1 aromatic rings. The molecule has 1 heterocycles. The molecule has 0 saturated carbocycles. The van der Waals surface area contributed by atoms with E-state index in [1.165, 1.54) is 4.68 Å². The second-order valence-electron chi connectivity index (χ2n) is 2.60. The molecule has 0 fully saturated rings. The van der Waals surface area contributed by atoms with Gasteiger partial charge in [0.05, 0.1) is 13.3 Å². The molecule has 8 heteroatoms. The van der Waals surface area contributed by atoms with Crippen molar-refractivity contribution in [2.45, 2.75) is 18.4 Å². The van der Waals surface area contributed by atoms with Gasteiger partial charge in [-0.15, -0.1) is 0 Å². The molecule has 0 aromatic carbocycles. The summed E-state index contributed by atoms with van der Waals surface area (Å²) in [6.07, 6.45) is 1.03. The molecule has 1 aromatic heterocycles. The zero-order valence-corrected chi connectivity index (χ0v) is 9.67. The number of ether oxygens (including phenoxy) is 1. The van der Waals surface area contributed by atoms with Gasteiger partial charge in [-0.2, -0.15) is 5.10 Å². The number of methoxy groups -OCH3 is 1. The van der Waals surface area contributed by atoms with Crippen molar-refractivity contribution in [3.05, 3.63) is 11.9 Å². The summed E-state index contributed by atoms with van der Waals surface area (Å²) in [4.78, 5) is 11.0. The molecule has 0 amide bonds. The molecule has 0 unspecified atom stereocenters.